The van der Waals surface area contributed by atoms with E-state index >= 15 is 0 Å². The van der Waals surface area contributed by atoms with Crippen molar-refractivity contribution in [3.63, 3.8) is 0 Å². The molecule has 15 heavy (non-hydrogen) atoms. The summed E-state index contributed by atoms with van der Waals surface area (Å²) < 4.78 is 14.3. The molecule has 5 heteroatoms. The summed E-state index contributed by atoms with van der Waals surface area (Å²) in [5.74, 6) is -0.374. The lowest BCUT2D eigenvalue weighted by molar-refractivity contribution is 0.630. The van der Waals surface area contributed by atoms with Crippen LogP contribution >= 0.6 is 27.5 Å². The van der Waals surface area contributed by atoms with Crippen molar-refractivity contribution in [2.75, 3.05) is 0 Å². The molecule has 0 fully saturated rings. The van der Waals surface area contributed by atoms with Crippen molar-refractivity contribution in [2.45, 2.75) is 0 Å². The van der Waals surface area contributed by atoms with Gasteiger partial charge in [-0.3, -0.25) is 4.98 Å². The Morgan fingerprint density at radius 3 is 2.67 bits per heavy atom. The van der Waals surface area contributed by atoms with Gasteiger partial charge in [-0.2, -0.15) is 0 Å². The molecule has 0 aliphatic carbocycles. The fraction of sp³-hybridized carbons (Fsp3) is 0. The van der Waals surface area contributed by atoms with Gasteiger partial charge < -0.3 is 0 Å². The highest BCUT2D eigenvalue weighted by atomic mass is 79.9. The van der Waals surface area contributed by atoms with Crippen LogP contribution in [0.2, 0.25) is 5.15 Å². The van der Waals surface area contributed by atoms with Gasteiger partial charge in [0.05, 0.1) is 0 Å². The molecule has 1 aromatic heterocycles. The van der Waals surface area contributed by atoms with Crippen molar-refractivity contribution in [3.05, 3.63) is 46.0 Å². The van der Waals surface area contributed by atoms with Gasteiger partial charge in [0.25, 0.3) is 0 Å². The van der Waals surface area contributed by atoms with Gasteiger partial charge in [0, 0.05) is 22.4 Å². The molecule has 0 unspecified atom stereocenters. The van der Waals surface area contributed by atoms with E-state index < -0.39 is 0 Å². The number of halogens is 3. The SMILES string of the molecule is Fc1ccc(Br)cc1-c1nccnc1Cl. The predicted octanol–water partition coefficient (Wildman–Crippen LogP) is 3.70. The lowest BCUT2D eigenvalue weighted by Gasteiger charge is -2.04. The zero-order valence-electron chi connectivity index (χ0n) is 7.42. The summed E-state index contributed by atoms with van der Waals surface area (Å²) >= 11 is 9.09. The van der Waals surface area contributed by atoms with E-state index in [4.69, 9.17) is 11.6 Å². The first-order valence-electron chi connectivity index (χ1n) is 4.10. The molecule has 1 aromatic carbocycles. The molecule has 1 heterocycles. The van der Waals surface area contributed by atoms with Crippen LogP contribution in [0.25, 0.3) is 11.3 Å². The topological polar surface area (TPSA) is 25.8 Å². The van der Waals surface area contributed by atoms with E-state index in [1.54, 1.807) is 12.1 Å². The average Bonchev–Trinajstić information content (AvgIpc) is 2.23. The maximum Gasteiger partial charge on any atom is 0.155 e. The van der Waals surface area contributed by atoms with E-state index in [9.17, 15) is 4.39 Å². The van der Waals surface area contributed by atoms with Gasteiger partial charge in [-0.15, -0.1) is 0 Å². The molecular formula is C10H5BrClFN2. The zero-order valence-corrected chi connectivity index (χ0v) is 9.76. The third-order valence-corrected chi connectivity index (χ3v) is 2.61. The van der Waals surface area contributed by atoms with E-state index in [1.807, 2.05) is 0 Å². The van der Waals surface area contributed by atoms with Crippen molar-refractivity contribution in [1.82, 2.24) is 9.97 Å². The first-order chi connectivity index (χ1) is 7.18. The fourth-order valence-electron chi connectivity index (χ4n) is 1.18. The average molecular weight is 288 g/mol. The Bertz CT molecular complexity index is 505. The van der Waals surface area contributed by atoms with Gasteiger partial charge >= 0.3 is 0 Å². The Kier molecular flexibility index (Phi) is 2.98. The lowest BCUT2D eigenvalue weighted by Crippen LogP contribution is -1.90. The molecule has 2 nitrogen and oxygen atoms in total. The molecule has 0 atom stereocenters. The minimum Gasteiger partial charge on any atom is -0.251 e. The van der Waals surface area contributed by atoms with E-state index in [2.05, 4.69) is 25.9 Å². The molecule has 0 amide bonds. The molecule has 0 saturated heterocycles. The predicted molar refractivity (Wildman–Crippen MR) is 60.1 cm³/mol. The second kappa shape index (κ2) is 4.24. The van der Waals surface area contributed by atoms with Gasteiger partial charge in [0.1, 0.15) is 11.5 Å². The van der Waals surface area contributed by atoms with Gasteiger partial charge in [-0.1, -0.05) is 27.5 Å². The molecule has 0 aliphatic heterocycles. The zero-order chi connectivity index (χ0) is 10.8. The summed E-state index contributed by atoms with van der Waals surface area (Å²) in [5, 5.41) is 0.189. The van der Waals surface area contributed by atoms with Crippen LogP contribution in [-0.4, -0.2) is 9.97 Å². The molecule has 0 bridgehead atoms. The van der Waals surface area contributed by atoms with Crippen LogP contribution in [0.15, 0.2) is 35.1 Å². The maximum absolute atomic E-state index is 13.5. The Morgan fingerprint density at radius 1 is 1.20 bits per heavy atom. The minimum atomic E-state index is -0.374. The van der Waals surface area contributed by atoms with Crippen molar-refractivity contribution in [3.8, 4) is 11.3 Å². The summed E-state index contributed by atoms with van der Waals surface area (Å²) in [6.07, 6.45) is 2.93. The Morgan fingerprint density at radius 2 is 1.93 bits per heavy atom. The summed E-state index contributed by atoms with van der Waals surface area (Å²) in [6, 6.07) is 4.58. The van der Waals surface area contributed by atoms with Crippen molar-refractivity contribution in [2.24, 2.45) is 0 Å². The first kappa shape index (κ1) is 10.5. The summed E-state index contributed by atoms with van der Waals surface area (Å²) in [7, 11) is 0. The minimum absolute atomic E-state index is 0.189. The van der Waals surface area contributed by atoms with E-state index in [-0.39, 0.29) is 11.0 Å². The van der Waals surface area contributed by atoms with E-state index in [1.165, 1.54) is 18.5 Å². The lowest BCUT2D eigenvalue weighted by atomic mass is 10.1. The Labute approximate surface area is 99.3 Å². The monoisotopic (exact) mass is 286 g/mol. The third-order valence-electron chi connectivity index (χ3n) is 1.84. The van der Waals surface area contributed by atoms with Crippen LogP contribution in [0.1, 0.15) is 0 Å². The number of rotatable bonds is 1. The molecule has 0 spiro atoms. The molecule has 0 radical (unpaired) electrons. The molecule has 0 aliphatic rings. The molecule has 0 N–H and O–H groups in total. The normalized spacial score (nSPS) is 10.3. The highest BCUT2D eigenvalue weighted by Gasteiger charge is 2.10. The third kappa shape index (κ3) is 2.16. The number of hydrogen-bond acceptors (Lipinski definition) is 2. The molecule has 2 rings (SSSR count). The van der Waals surface area contributed by atoms with Crippen LogP contribution in [-0.2, 0) is 0 Å². The molecule has 0 saturated carbocycles. The van der Waals surface area contributed by atoms with Crippen LogP contribution < -0.4 is 0 Å². The van der Waals surface area contributed by atoms with Crippen LogP contribution in [0.3, 0.4) is 0 Å². The van der Waals surface area contributed by atoms with Crippen molar-refractivity contribution >= 4 is 27.5 Å². The number of nitrogens with zero attached hydrogens (tertiary/aromatic N) is 2. The highest BCUT2D eigenvalue weighted by Crippen LogP contribution is 2.28. The molecular weight excluding hydrogens is 282 g/mol. The van der Waals surface area contributed by atoms with E-state index in [0.29, 0.717) is 11.3 Å². The van der Waals surface area contributed by atoms with Crippen LogP contribution in [0.5, 0.6) is 0 Å². The smallest absolute Gasteiger partial charge is 0.155 e. The first-order valence-corrected chi connectivity index (χ1v) is 5.27. The number of hydrogen-bond donors (Lipinski definition) is 0. The largest absolute Gasteiger partial charge is 0.251 e. The van der Waals surface area contributed by atoms with Crippen LogP contribution in [0, 0.1) is 5.82 Å². The van der Waals surface area contributed by atoms with Crippen molar-refractivity contribution < 1.29 is 4.39 Å². The van der Waals surface area contributed by atoms with Gasteiger partial charge in [-0.25, -0.2) is 9.37 Å². The van der Waals surface area contributed by atoms with Gasteiger partial charge in [-0.05, 0) is 18.2 Å². The molecule has 2 aromatic rings. The second-order valence-electron chi connectivity index (χ2n) is 2.82. The summed E-state index contributed by atoms with van der Waals surface area (Å²) in [4.78, 5) is 7.84. The van der Waals surface area contributed by atoms with Crippen LogP contribution in [0.4, 0.5) is 4.39 Å². The number of aromatic nitrogens is 2. The van der Waals surface area contributed by atoms with Crippen molar-refractivity contribution in [1.29, 1.82) is 0 Å². The Hall–Kier alpha value is -1.00. The highest BCUT2D eigenvalue weighted by molar-refractivity contribution is 9.10. The quantitative estimate of drug-likeness (QED) is 0.799. The number of benzene rings is 1. The van der Waals surface area contributed by atoms with E-state index in [0.717, 1.165) is 4.47 Å². The maximum atomic E-state index is 13.5. The van der Waals surface area contributed by atoms with Gasteiger partial charge in [0.2, 0.25) is 0 Å². The standard InChI is InChI=1S/C10H5BrClFN2/c11-6-1-2-8(13)7(5-6)9-10(12)15-4-3-14-9/h1-5H. The van der Waals surface area contributed by atoms with Gasteiger partial charge in [0.15, 0.2) is 5.15 Å². The molecule has 76 valence electrons. The fourth-order valence-corrected chi connectivity index (χ4v) is 1.75. The Balaban J connectivity index is 2.64. The second-order valence-corrected chi connectivity index (χ2v) is 4.09. The summed E-state index contributed by atoms with van der Waals surface area (Å²) in [5.41, 5.74) is 0.681. The summed E-state index contributed by atoms with van der Waals surface area (Å²) in [6.45, 7) is 0.